The molecule has 4 heteroatoms. The van der Waals surface area contributed by atoms with Crippen molar-refractivity contribution in [1.82, 2.24) is 0 Å². The summed E-state index contributed by atoms with van der Waals surface area (Å²) in [6, 6.07) is 8.23. The highest BCUT2D eigenvalue weighted by Gasteiger charge is 2.00. The summed E-state index contributed by atoms with van der Waals surface area (Å²) >= 11 is 0. The molecule has 0 saturated carbocycles. The third-order valence-corrected chi connectivity index (χ3v) is 2.31. The SMILES string of the molecule is CC(=NN=C(N)N)c1ccc(C(C)C)cc1. The average Bonchev–Trinajstić information content (AvgIpc) is 2.26. The molecule has 0 aliphatic heterocycles. The van der Waals surface area contributed by atoms with Gasteiger partial charge in [0.2, 0.25) is 5.96 Å². The molecule has 16 heavy (non-hydrogen) atoms. The zero-order valence-electron chi connectivity index (χ0n) is 9.94. The van der Waals surface area contributed by atoms with Gasteiger partial charge in [0.25, 0.3) is 0 Å². The molecule has 4 N–H and O–H groups in total. The summed E-state index contributed by atoms with van der Waals surface area (Å²) < 4.78 is 0. The molecule has 0 atom stereocenters. The Labute approximate surface area is 96.1 Å². The normalized spacial score (nSPS) is 11.6. The minimum Gasteiger partial charge on any atom is -0.369 e. The molecule has 1 aromatic carbocycles. The highest BCUT2D eigenvalue weighted by atomic mass is 15.3. The van der Waals surface area contributed by atoms with E-state index in [1.807, 2.05) is 19.1 Å². The van der Waals surface area contributed by atoms with Crippen molar-refractivity contribution in [2.45, 2.75) is 26.7 Å². The Bertz CT molecular complexity index is 398. The van der Waals surface area contributed by atoms with E-state index in [1.54, 1.807) is 0 Å². The smallest absolute Gasteiger partial charge is 0.211 e. The molecule has 0 fully saturated rings. The molecule has 4 nitrogen and oxygen atoms in total. The second-order valence-electron chi connectivity index (χ2n) is 3.99. The van der Waals surface area contributed by atoms with Crippen molar-refractivity contribution in [2.75, 3.05) is 0 Å². The van der Waals surface area contributed by atoms with Crippen LogP contribution in [0.15, 0.2) is 34.5 Å². The minimum atomic E-state index is -0.0295. The van der Waals surface area contributed by atoms with Gasteiger partial charge in [-0.1, -0.05) is 38.1 Å². The molecule has 0 radical (unpaired) electrons. The Hall–Kier alpha value is -1.84. The molecule has 0 aliphatic rings. The zero-order valence-corrected chi connectivity index (χ0v) is 9.94. The molecule has 0 amide bonds. The van der Waals surface area contributed by atoms with Crippen molar-refractivity contribution in [3.63, 3.8) is 0 Å². The lowest BCUT2D eigenvalue weighted by Gasteiger charge is -2.05. The number of nitrogens with two attached hydrogens (primary N) is 2. The van der Waals surface area contributed by atoms with Crippen LogP contribution >= 0.6 is 0 Å². The van der Waals surface area contributed by atoms with Gasteiger partial charge in [-0.15, -0.1) is 5.10 Å². The Balaban J connectivity index is 2.90. The molecule has 0 heterocycles. The third-order valence-electron chi connectivity index (χ3n) is 2.31. The van der Waals surface area contributed by atoms with Crippen LogP contribution in [-0.4, -0.2) is 11.7 Å². The number of hydrogen-bond acceptors (Lipinski definition) is 2. The molecule has 1 aromatic rings. The maximum absolute atomic E-state index is 5.20. The predicted octanol–water partition coefficient (Wildman–Crippen LogP) is 1.81. The van der Waals surface area contributed by atoms with E-state index < -0.39 is 0 Å². The summed E-state index contributed by atoms with van der Waals surface area (Å²) in [5.74, 6) is 0.502. The summed E-state index contributed by atoms with van der Waals surface area (Å²) in [6.07, 6.45) is 0. The maximum Gasteiger partial charge on any atom is 0.211 e. The zero-order chi connectivity index (χ0) is 12.1. The van der Waals surface area contributed by atoms with E-state index in [0.29, 0.717) is 5.92 Å². The van der Waals surface area contributed by atoms with Crippen molar-refractivity contribution < 1.29 is 0 Å². The van der Waals surface area contributed by atoms with Crippen molar-refractivity contribution in [3.05, 3.63) is 35.4 Å². The van der Waals surface area contributed by atoms with Crippen molar-refractivity contribution in [1.29, 1.82) is 0 Å². The third kappa shape index (κ3) is 3.38. The van der Waals surface area contributed by atoms with Crippen LogP contribution in [0.2, 0.25) is 0 Å². The lowest BCUT2D eigenvalue weighted by molar-refractivity contribution is 0.866. The predicted molar refractivity (Wildman–Crippen MR) is 68.6 cm³/mol. The monoisotopic (exact) mass is 218 g/mol. The van der Waals surface area contributed by atoms with Gasteiger partial charge >= 0.3 is 0 Å². The number of benzene rings is 1. The fraction of sp³-hybridized carbons (Fsp3) is 0.333. The van der Waals surface area contributed by atoms with Crippen LogP contribution in [0.25, 0.3) is 0 Å². The fourth-order valence-corrected chi connectivity index (χ4v) is 1.30. The maximum atomic E-state index is 5.20. The Morgan fingerprint density at radius 2 is 1.62 bits per heavy atom. The Kier molecular flexibility index (Phi) is 4.05. The molecular formula is C12H18N4. The van der Waals surface area contributed by atoms with Gasteiger partial charge < -0.3 is 11.5 Å². The minimum absolute atomic E-state index is 0.0295. The van der Waals surface area contributed by atoms with Gasteiger partial charge in [-0.2, -0.15) is 5.10 Å². The second kappa shape index (κ2) is 5.30. The molecule has 0 aliphatic carbocycles. The van der Waals surface area contributed by atoms with Gasteiger partial charge in [0, 0.05) is 0 Å². The quantitative estimate of drug-likeness (QED) is 0.461. The second-order valence-corrected chi connectivity index (χ2v) is 3.99. The highest BCUT2D eigenvalue weighted by Crippen LogP contribution is 2.15. The first kappa shape index (κ1) is 12.2. The molecule has 86 valence electrons. The van der Waals surface area contributed by atoms with Crippen LogP contribution in [0.4, 0.5) is 0 Å². The molecule has 1 rings (SSSR count). The topological polar surface area (TPSA) is 76.8 Å². The van der Waals surface area contributed by atoms with Crippen molar-refractivity contribution in [2.24, 2.45) is 21.7 Å². The standard InChI is InChI=1S/C12H18N4/c1-8(2)10-4-6-11(7-5-10)9(3)15-16-12(13)14/h4-8H,1-3H3,(H4,13,14,16). The van der Waals surface area contributed by atoms with Crippen molar-refractivity contribution in [3.8, 4) is 0 Å². The summed E-state index contributed by atoms with van der Waals surface area (Å²) in [4.78, 5) is 0. The molecule has 0 unspecified atom stereocenters. The van der Waals surface area contributed by atoms with E-state index in [-0.39, 0.29) is 5.96 Å². The van der Waals surface area contributed by atoms with Crippen LogP contribution in [0.3, 0.4) is 0 Å². The first-order valence-corrected chi connectivity index (χ1v) is 5.24. The summed E-state index contributed by atoms with van der Waals surface area (Å²) in [6.45, 7) is 6.20. The van der Waals surface area contributed by atoms with Gasteiger partial charge in [-0.3, -0.25) is 0 Å². The van der Waals surface area contributed by atoms with E-state index in [9.17, 15) is 0 Å². The summed E-state index contributed by atoms with van der Waals surface area (Å²) in [7, 11) is 0. The number of rotatable bonds is 3. The largest absolute Gasteiger partial charge is 0.369 e. The first-order chi connectivity index (χ1) is 7.50. The Morgan fingerprint density at radius 3 is 2.06 bits per heavy atom. The van der Waals surface area contributed by atoms with Gasteiger partial charge in [-0.05, 0) is 24.0 Å². The molecule has 0 saturated heterocycles. The molecule has 0 bridgehead atoms. The summed E-state index contributed by atoms with van der Waals surface area (Å²) in [5.41, 5.74) is 13.5. The molecule has 0 aromatic heterocycles. The van der Waals surface area contributed by atoms with Crippen LogP contribution < -0.4 is 11.5 Å². The van der Waals surface area contributed by atoms with Crippen LogP contribution in [0, 0.1) is 0 Å². The highest BCUT2D eigenvalue weighted by molar-refractivity contribution is 5.99. The van der Waals surface area contributed by atoms with Gasteiger partial charge in [0.05, 0.1) is 5.71 Å². The van der Waals surface area contributed by atoms with Gasteiger partial charge in [0.15, 0.2) is 0 Å². The Morgan fingerprint density at radius 1 is 1.06 bits per heavy atom. The number of hydrogen-bond donors (Lipinski definition) is 2. The van der Waals surface area contributed by atoms with Crippen LogP contribution in [0.5, 0.6) is 0 Å². The fourth-order valence-electron chi connectivity index (χ4n) is 1.30. The lowest BCUT2D eigenvalue weighted by Crippen LogP contribution is -2.22. The van der Waals surface area contributed by atoms with Gasteiger partial charge in [0.1, 0.15) is 0 Å². The van der Waals surface area contributed by atoms with E-state index >= 15 is 0 Å². The van der Waals surface area contributed by atoms with Crippen molar-refractivity contribution >= 4 is 11.7 Å². The number of nitrogens with zero attached hydrogens (tertiary/aromatic N) is 2. The first-order valence-electron chi connectivity index (χ1n) is 5.24. The average molecular weight is 218 g/mol. The number of guanidine groups is 1. The molecule has 0 spiro atoms. The lowest BCUT2D eigenvalue weighted by atomic mass is 10.0. The summed E-state index contributed by atoms with van der Waals surface area (Å²) in [5, 5.41) is 7.54. The van der Waals surface area contributed by atoms with E-state index in [0.717, 1.165) is 11.3 Å². The van der Waals surface area contributed by atoms with E-state index in [2.05, 4.69) is 36.2 Å². The molecular weight excluding hydrogens is 200 g/mol. The van der Waals surface area contributed by atoms with Crippen LogP contribution in [0.1, 0.15) is 37.8 Å². The van der Waals surface area contributed by atoms with Crippen LogP contribution in [-0.2, 0) is 0 Å². The van der Waals surface area contributed by atoms with E-state index in [4.69, 9.17) is 11.5 Å². The van der Waals surface area contributed by atoms with Gasteiger partial charge in [-0.25, -0.2) is 0 Å². The van der Waals surface area contributed by atoms with E-state index in [1.165, 1.54) is 5.56 Å².